The third-order valence-corrected chi connectivity index (χ3v) is 2.98. The van der Waals surface area contributed by atoms with E-state index < -0.39 is 11.7 Å². The van der Waals surface area contributed by atoms with Crippen LogP contribution in [0.15, 0.2) is 0 Å². The lowest BCUT2D eigenvalue weighted by Crippen LogP contribution is -2.40. The van der Waals surface area contributed by atoms with Crippen LogP contribution in [0.5, 0.6) is 0 Å². The van der Waals surface area contributed by atoms with Gasteiger partial charge in [0.1, 0.15) is 5.60 Å². The molecule has 0 bridgehead atoms. The number of ether oxygens (including phenoxy) is 1. The summed E-state index contributed by atoms with van der Waals surface area (Å²) in [6.07, 6.45) is 1.24. The Kier molecular flexibility index (Phi) is 5.14. The van der Waals surface area contributed by atoms with Crippen molar-refractivity contribution in [2.24, 2.45) is 5.92 Å². The fraction of sp³-hybridized carbons (Fsp3) is 0.846. The molecule has 18 heavy (non-hydrogen) atoms. The van der Waals surface area contributed by atoms with Crippen molar-refractivity contribution < 1.29 is 14.3 Å². The Hall–Kier alpha value is -1.10. The van der Waals surface area contributed by atoms with Crippen molar-refractivity contribution in [1.29, 1.82) is 0 Å². The summed E-state index contributed by atoms with van der Waals surface area (Å²) in [4.78, 5) is 25.5. The van der Waals surface area contributed by atoms with Crippen LogP contribution in [0, 0.1) is 5.92 Å². The molecule has 1 heterocycles. The van der Waals surface area contributed by atoms with Crippen LogP contribution >= 0.6 is 0 Å². The molecule has 0 aliphatic carbocycles. The Morgan fingerprint density at radius 2 is 1.83 bits per heavy atom. The van der Waals surface area contributed by atoms with E-state index in [2.05, 4.69) is 17.3 Å². The molecule has 1 rings (SSSR count). The number of carbonyl (C=O) groups excluding carboxylic acids is 2. The van der Waals surface area contributed by atoms with Gasteiger partial charge in [-0.15, -0.1) is 0 Å². The molecule has 1 fully saturated rings. The van der Waals surface area contributed by atoms with Crippen molar-refractivity contribution in [2.75, 3.05) is 26.7 Å². The zero-order chi connectivity index (χ0) is 13.8. The monoisotopic (exact) mass is 256 g/mol. The maximum atomic E-state index is 11.9. The van der Waals surface area contributed by atoms with Crippen LogP contribution in [-0.4, -0.2) is 49.1 Å². The van der Waals surface area contributed by atoms with Gasteiger partial charge in [0, 0.05) is 5.92 Å². The van der Waals surface area contributed by atoms with Crippen LogP contribution in [0.25, 0.3) is 0 Å². The highest BCUT2D eigenvalue weighted by molar-refractivity contribution is 5.86. The number of amides is 1. The molecule has 0 spiro atoms. The van der Waals surface area contributed by atoms with Gasteiger partial charge in [0.15, 0.2) is 5.78 Å². The van der Waals surface area contributed by atoms with E-state index >= 15 is 0 Å². The summed E-state index contributed by atoms with van der Waals surface area (Å²) < 4.78 is 5.08. The predicted molar refractivity (Wildman–Crippen MR) is 69.5 cm³/mol. The van der Waals surface area contributed by atoms with Gasteiger partial charge in [-0.1, -0.05) is 0 Å². The zero-order valence-corrected chi connectivity index (χ0v) is 11.8. The van der Waals surface area contributed by atoms with E-state index in [-0.39, 0.29) is 18.2 Å². The number of hydrogen-bond donors (Lipinski definition) is 1. The minimum atomic E-state index is -0.527. The summed E-state index contributed by atoms with van der Waals surface area (Å²) in [6, 6.07) is 0. The lowest BCUT2D eigenvalue weighted by atomic mass is 9.93. The molecule has 0 unspecified atom stereocenters. The second kappa shape index (κ2) is 6.18. The molecule has 104 valence electrons. The smallest absolute Gasteiger partial charge is 0.408 e. The van der Waals surface area contributed by atoms with E-state index in [1.165, 1.54) is 0 Å². The van der Waals surface area contributed by atoms with Gasteiger partial charge in [-0.25, -0.2) is 4.79 Å². The first-order valence-electron chi connectivity index (χ1n) is 6.46. The lowest BCUT2D eigenvalue weighted by molar-refractivity contribution is -0.123. The second-order valence-electron chi connectivity index (χ2n) is 5.90. The molecule has 5 nitrogen and oxygen atoms in total. The highest BCUT2D eigenvalue weighted by Crippen LogP contribution is 2.16. The van der Waals surface area contributed by atoms with E-state index in [1.54, 1.807) is 20.8 Å². The van der Waals surface area contributed by atoms with E-state index in [1.807, 2.05) is 0 Å². The van der Waals surface area contributed by atoms with Crippen molar-refractivity contribution >= 4 is 11.9 Å². The quantitative estimate of drug-likeness (QED) is 0.829. The maximum absolute atomic E-state index is 11.9. The largest absolute Gasteiger partial charge is 0.444 e. The molecule has 0 radical (unpaired) electrons. The molecular formula is C13H24N2O3. The summed E-state index contributed by atoms with van der Waals surface area (Å²) in [5.41, 5.74) is -0.527. The Morgan fingerprint density at radius 3 is 2.33 bits per heavy atom. The first kappa shape index (κ1) is 15.0. The molecule has 0 aromatic rings. The lowest BCUT2D eigenvalue weighted by Gasteiger charge is -2.28. The van der Waals surface area contributed by atoms with Gasteiger partial charge < -0.3 is 15.0 Å². The fourth-order valence-electron chi connectivity index (χ4n) is 1.95. The van der Waals surface area contributed by atoms with Gasteiger partial charge in [0.25, 0.3) is 0 Å². The van der Waals surface area contributed by atoms with Crippen LogP contribution in [0.2, 0.25) is 0 Å². The molecule has 1 N–H and O–H groups in total. The maximum Gasteiger partial charge on any atom is 0.408 e. The van der Waals surface area contributed by atoms with Gasteiger partial charge >= 0.3 is 6.09 Å². The first-order chi connectivity index (χ1) is 8.28. The SMILES string of the molecule is CN1CCC(C(=O)CNC(=O)OC(C)(C)C)CC1. The summed E-state index contributed by atoms with van der Waals surface area (Å²) in [5.74, 6) is 0.185. The minimum absolute atomic E-state index is 0.0727. The van der Waals surface area contributed by atoms with Gasteiger partial charge in [0.05, 0.1) is 6.54 Å². The molecule has 0 atom stereocenters. The number of piperidine rings is 1. The summed E-state index contributed by atoms with van der Waals surface area (Å²) >= 11 is 0. The number of rotatable bonds is 3. The van der Waals surface area contributed by atoms with Crippen LogP contribution in [0.3, 0.4) is 0 Å². The van der Waals surface area contributed by atoms with Crippen LogP contribution in [0.4, 0.5) is 4.79 Å². The van der Waals surface area contributed by atoms with E-state index in [4.69, 9.17) is 4.74 Å². The number of nitrogens with one attached hydrogen (secondary N) is 1. The number of Topliss-reactive ketones (excluding diaryl/α,β-unsaturated/α-hetero) is 1. The van der Waals surface area contributed by atoms with Crippen molar-refractivity contribution in [3.8, 4) is 0 Å². The third-order valence-electron chi connectivity index (χ3n) is 2.98. The second-order valence-corrected chi connectivity index (χ2v) is 5.90. The average Bonchev–Trinajstić information content (AvgIpc) is 2.24. The molecule has 5 heteroatoms. The van der Waals surface area contributed by atoms with Gasteiger partial charge in [-0.3, -0.25) is 4.79 Å². The van der Waals surface area contributed by atoms with E-state index in [0.717, 1.165) is 25.9 Å². The molecular weight excluding hydrogens is 232 g/mol. The van der Waals surface area contributed by atoms with Crippen LogP contribution in [-0.2, 0) is 9.53 Å². The number of carbonyl (C=O) groups is 2. The summed E-state index contributed by atoms with van der Waals surface area (Å²) in [7, 11) is 2.06. The molecule has 1 amide bonds. The van der Waals surface area contributed by atoms with E-state index in [0.29, 0.717) is 0 Å². The van der Waals surface area contributed by atoms with E-state index in [9.17, 15) is 9.59 Å². The van der Waals surface area contributed by atoms with Crippen molar-refractivity contribution in [3.63, 3.8) is 0 Å². The number of alkyl carbamates (subject to hydrolysis) is 1. The highest BCUT2D eigenvalue weighted by atomic mass is 16.6. The molecule has 0 aromatic carbocycles. The zero-order valence-electron chi connectivity index (χ0n) is 11.8. The van der Waals surface area contributed by atoms with Gasteiger partial charge in [-0.2, -0.15) is 0 Å². The molecule has 1 aliphatic heterocycles. The number of nitrogens with zero attached hydrogens (tertiary/aromatic N) is 1. The molecule has 0 saturated carbocycles. The van der Waals surface area contributed by atoms with Crippen LogP contribution < -0.4 is 5.32 Å². The fourth-order valence-corrected chi connectivity index (χ4v) is 1.95. The molecule has 0 aromatic heterocycles. The van der Waals surface area contributed by atoms with Crippen molar-refractivity contribution in [1.82, 2.24) is 10.2 Å². The number of ketones is 1. The van der Waals surface area contributed by atoms with Crippen molar-refractivity contribution in [2.45, 2.75) is 39.2 Å². The van der Waals surface area contributed by atoms with Gasteiger partial charge in [-0.05, 0) is 53.8 Å². The Bertz CT molecular complexity index is 302. The normalized spacial score (nSPS) is 18.4. The third kappa shape index (κ3) is 5.49. The number of hydrogen-bond acceptors (Lipinski definition) is 4. The Morgan fingerprint density at radius 1 is 1.28 bits per heavy atom. The topological polar surface area (TPSA) is 58.6 Å². The first-order valence-corrected chi connectivity index (χ1v) is 6.46. The van der Waals surface area contributed by atoms with Crippen LogP contribution in [0.1, 0.15) is 33.6 Å². The van der Waals surface area contributed by atoms with Crippen molar-refractivity contribution in [3.05, 3.63) is 0 Å². The summed E-state index contributed by atoms with van der Waals surface area (Å²) in [6.45, 7) is 7.36. The summed E-state index contributed by atoms with van der Waals surface area (Å²) in [5, 5.41) is 2.52. The minimum Gasteiger partial charge on any atom is -0.444 e. The Labute approximate surface area is 109 Å². The molecule has 1 saturated heterocycles. The highest BCUT2D eigenvalue weighted by Gasteiger charge is 2.24. The number of likely N-dealkylation sites (tertiary alicyclic amines) is 1. The predicted octanol–water partition coefficient (Wildman–Crippen LogP) is 1.42. The Balaban J connectivity index is 2.27. The van der Waals surface area contributed by atoms with Gasteiger partial charge in [0.2, 0.25) is 0 Å². The average molecular weight is 256 g/mol. The molecule has 1 aliphatic rings. The standard InChI is InChI=1S/C13H24N2O3/c1-13(2,3)18-12(17)14-9-11(16)10-5-7-15(4)8-6-10/h10H,5-9H2,1-4H3,(H,14,17).